The molecule has 33 heavy (non-hydrogen) atoms. The Morgan fingerprint density at radius 3 is 2.79 bits per heavy atom. The third kappa shape index (κ3) is 3.88. The zero-order valence-electron chi connectivity index (χ0n) is 18.3. The van der Waals surface area contributed by atoms with Crippen LogP contribution in [0.2, 0.25) is 0 Å². The number of nitrogens with zero attached hydrogens (tertiary/aromatic N) is 6. The second-order valence-corrected chi connectivity index (χ2v) is 8.75. The molecule has 4 aromatic rings. The first-order valence-corrected chi connectivity index (χ1v) is 11.6. The van der Waals surface area contributed by atoms with Crippen LogP contribution < -0.4 is 10.2 Å². The molecule has 3 aromatic heterocycles. The molecule has 0 bridgehead atoms. The number of hydrogen-bond donors (Lipinski definition) is 1. The zero-order valence-corrected chi connectivity index (χ0v) is 19.2. The van der Waals surface area contributed by atoms with Crippen LogP contribution in [0.4, 0.5) is 15.3 Å². The van der Waals surface area contributed by atoms with E-state index in [9.17, 15) is 9.65 Å². The van der Waals surface area contributed by atoms with Gasteiger partial charge in [0.25, 0.3) is 0 Å². The molecular weight excluding hydrogens is 437 g/mol. The third-order valence-electron chi connectivity index (χ3n) is 5.72. The van der Waals surface area contributed by atoms with Crippen molar-refractivity contribution in [2.24, 2.45) is 0 Å². The molecule has 0 amide bonds. The van der Waals surface area contributed by atoms with Crippen LogP contribution in [0.25, 0.3) is 22.5 Å². The summed E-state index contributed by atoms with van der Waals surface area (Å²) in [6.07, 6.45) is 7.68. The van der Waals surface area contributed by atoms with Gasteiger partial charge in [0.1, 0.15) is 28.3 Å². The normalized spacial score (nSPS) is 13.7. The highest BCUT2D eigenvalue weighted by atomic mass is 32.1. The predicted molar refractivity (Wildman–Crippen MR) is 128 cm³/mol. The second kappa shape index (κ2) is 8.73. The fourth-order valence-corrected chi connectivity index (χ4v) is 4.88. The van der Waals surface area contributed by atoms with E-state index in [1.165, 1.54) is 29.0 Å². The van der Waals surface area contributed by atoms with Gasteiger partial charge >= 0.3 is 0 Å². The fourth-order valence-electron chi connectivity index (χ4n) is 4.03. The van der Waals surface area contributed by atoms with Gasteiger partial charge < -0.3 is 10.2 Å². The summed E-state index contributed by atoms with van der Waals surface area (Å²) in [6.45, 7) is 3.84. The molecule has 9 heteroatoms. The molecule has 5 rings (SSSR count). The Bertz CT molecular complexity index is 1390. The maximum absolute atomic E-state index is 13.4. The van der Waals surface area contributed by atoms with Crippen molar-refractivity contribution < 1.29 is 4.39 Å². The maximum atomic E-state index is 13.4. The molecule has 1 N–H and O–H groups in total. The van der Waals surface area contributed by atoms with Gasteiger partial charge in [0.2, 0.25) is 0 Å². The Labute approximate surface area is 194 Å². The molecule has 0 radical (unpaired) electrons. The van der Waals surface area contributed by atoms with Crippen molar-refractivity contribution in [2.75, 3.05) is 25.0 Å². The molecule has 166 valence electrons. The number of rotatable bonds is 5. The number of nitriles is 1. The predicted octanol–water partition coefficient (Wildman–Crippen LogP) is 4.57. The summed E-state index contributed by atoms with van der Waals surface area (Å²) >= 11 is 1.31. The average Bonchev–Trinajstić information content (AvgIpc) is 3.46. The lowest BCUT2D eigenvalue weighted by Gasteiger charge is -2.18. The Morgan fingerprint density at radius 2 is 2.09 bits per heavy atom. The van der Waals surface area contributed by atoms with E-state index in [0.717, 1.165) is 48.8 Å². The van der Waals surface area contributed by atoms with Crippen LogP contribution in [0.5, 0.6) is 0 Å². The van der Waals surface area contributed by atoms with Gasteiger partial charge in [0, 0.05) is 25.4 Å². The summed E-state index contributed by atoms with van der Waals surface area (Å²) in [6, 6.07) is 8.28. The van der Waals surface area contributed by atoms with Crippen molar-refractivity contribution >= 4 is 33.5 Å². The molecule has 0 aliphatic carbocycles. The van der Waals surface area contributed by atoms with Gasteiger partial charge in [-0.1, -0.05) is 24.3 Å². The van der Waals surface area contributed by atoms with Crippen LogP contribution in [0, 0.1) is 17.1 Å². The monoisotopic (exact) mass is 459 g/mol. The minimum absolute atomic E-state index is 0.323. The molecule has 0 atom stereocenters. The summed E-state index contributed by atoms with van der Waals surface area (Å²) < 4.78 is 15.4. The molecule has 1 aliphatic heterocycles. The van der Waals surface area contributed by atoms with Crippen molar-refractivity contribution in [2.45, 2.75) is 19.8 Å². The first-order chi connectivity index (χ1) is 16.1. The highest BCUT2D eigenvalue weighted by Crippen LogP contribution is 2.37. The number of aromatic nitrogens is 4. The highest BCUT2D eigenvalue weighted by Gasteiger charge is 2.22. The Kier molecular flexibility index (Phi) is 5.62. The van der Waals surface area contributed by atoms with E-state index in [4.69, 9.17) is 9.97 Å². The standard InChI is InChI=1S/C24H22FN7S/c1-3-18-23(32-14-19(28-13-21(32)29-18)15-8-10-27-11-9-15)31(2)24-30-22(20(12-26)33-24)16-4-6-17(25)7-5-16/h4-8,13-14,27H,3,9-11H2,1-2H3. The van der Waals surface area contributed by atoms with Crippen molar-refractivity contribution in [3.05, 3.63) is 64.8 Å². The largest absolute Gasteiger partial charge is 0.313 e. The van der Waals surface area contributed by atoms with Crippen LogP contribution in [0.1, 0.15) is 29.6 Å². The third-order valence-corrected chi connectivity index (χ3v) is 6.76. The minimum atomic E-state index is -0.323. The van der Waals surface area contributed by atoms with Gasteiger partial charge in [-0.05, 0) is 49.2 Å². The topological polar surface area (TPSA) is 82.1 Å². The molecule has 1 aliphatic rings. The van der Waals surface area contributed by atoms with E-state index in [1.807, 2.05) is 18.1 Å². The number of aryl methyl sites for hydroxylation is 1. The second-order valence-electron chi connectivity index (χ2n) is 7.77. The van der Waals surface area contributed by atoms with E-state index in [1.54, 1.807) is 18.3 Å². The summed E-state index contributed by atoms with van der Waals surface area (Å²) in [7, 11) is 1.93. The number of nitrogens with one attached hydrogen (secondary N) is 1. The highest BCUT2D eigenvalue weighted by molar-refractivity contribution is 7.16. The lowest BCUT2D eigenvalue weighted by molar-refractivity contribution is 0.628. The van der Waals surface area contributed by atoms with Gasteiger partial charge in [-0.25, -0.2) is 14.4 Å². The van der Waals surface area contributed by atoms with Crippen LogP contribution in [0.15, 0.2) is 42.7 Å². The van der Waals surface area contributed by atoms with Gasteiger partial charge in [0.05, 0.1) is 17.6 Å². The number of imidazole rings is 1. The van der Waals surface area contributed by atoms with Crippen molar-refractivity contribution in [1.82, 2.24) is 24.7 Å². The first kappa shape index (κ1) is 21.2. The molecule has 4 heterocycles. The lowest BCUT2D eigenvalue weighted by atomic mass is 10.1. The summed E-state index contributed by atoms with van der Waals surface area (Å²) in [5, 5.41) is 13.7. The van der Waals surface area contributed by atoms with Crippen LogP contribution in [-0.2, 0) is 6.42 Å². The molecule has 7 nitrogen and oxygen atoms in total. The molecule has 0 saturated carbocycles. The molecule has 0 saturated heterocycles. The van der Waals surface area contributed by atoms with Gasteiger partial charge in [-0.15, -0.1) is 0 Å². The zero-order chi connectivity index (χ0) is 22.9. The first-order valence-electron chi connectivity index (χ1n) is 10.8. The van der Waals surface area contributed by atoms with E-state index in [-0.39, 0.29) is 5.82 Å². The quantitative estimate of drug-likeness (QED) is 0.471. The van der Waals surface area contributed by atoms with E-state index in [2.05, 4.69) is 33.8 Å². The average molecular weight is 460 g/mol. The summed E-state index contributed by atoms with van der Waals surface area (Å²) in [5.74, 6) is 0.575. The number of benzene rings is 1. The number of halogens is 1. The number of hydrogen-bond acceptors (Lipinski definition) is 7. The van der Waals surface area contributed by atoms with Gasteiger partial charge in [-0.3, -0.25) is 9.38 Å². The smallest absolute Gasteiger partial charge is 0.192 e. The molecular formula is C24H22FN7S. The molecule has 0 fully saturated rings. The van der Waals surface area contributed by atoms with Crippen LogP contribution in [-0.4, -0.2) is 39.5 Å². The number of anilines is 2. The van der Waals surface area contributed by atoms with Crippen molar-refractivity contribution in [1.29, 1.82) is 5.26 Å². The summed E-state index contributed by atoms with van der Waals surface area (Å²) in [5.41, 5.74) is 5.11. The van der Waals surface area contributed by atoms with E-state index >= 15 is 0 Å². The molecule has 1 aromatic carbocycles. The fraction of sp³-hybridized carbons (Fsp3) is 0.250. The van der Waals surface area contributed by atoms with Gasteiger partial charge in [0.15, 0.2) is 10.8 Å². The lowest BCUT2D eigenvalue weighted by Crippen LogP contribution is -2.20. The Morgan fingerprint density at radius 1 is 1.27 bits per heavy atom. The Balaban J connectivity index is 1.60. The van der Waals surface area contributed by atoms with Crippen LogP contribution >= 0.6 is 11.3 Å². The minimum Gasteiger partial charge on any atom is -0.313 e. The number of thiazole rings is 1. The number of fused-ring (bicyclic) bond motifs is 1. The van der Waals surface area contributed by atoms with Crippen LogP contribution in [0.3, 0.4) is 0 Å². The Hall–Kier alpha value is -3.61. The van der Waals surface area contributed by atoms with E-state index < -0.39 is 0 Å². The molecule has 0 spiro atoms. The SMILES string of the molecule is CCc1nc2cnc(C3=CCNCC3)cn2c1N(C)c1nc(-c2ccc(F)cc2)c(C#N)s1. The summed E-state index contributed by atoms with van der Waals surface area (Å²) in [4.78, 5) is 16.6. The van der Waals surface area contributed by atoms with E-state index in [0.29, 0.717) is 21.3 Å². The van der Waals surface area contributed by atoms with Crippen molar-refractivity contribution in [3.63, 3.8) is 0 Å². The van der Waals surface area contributed by atoms with Crippen molar-refractivity contribution in [3.8, 4) is 17.3 Å². The maximum Gasteiger partial charge on any atom is 0.192 e. The van der Waals surface area contributed by atoms with Gasteiger partial charge in [-0.2, -0.15) is 5.26 Å². The molecule has 0 unspecified atom stereocenters.